The predicted molar refractivity (Wildman–Crippen MR) is 135 cm³/mol. The molecule has 0 radical (unpaired) electrons. The maximum Gasteiger partial charge on any atom is 0.266 e. The molecule has 1 saturated carbocycles. The van der Waals surface area contributed by atoms with Gasteiger partial charge in [-0.3, -0.25) is 14.4 Å². The Kier molecular flexibility index (Phi) is 7.77. The van der Waals surface area contributed by atoms with E-state index in [0.717, 1.165) is 19.3 Å². The zero-order valence-corrected chi connectivity index (χ0v) is 20.9. The van der Waals surface area contributed by atoms with Crippen LogP contribution in [0.2, 0.25) is 10.0 Å². The SMILES string of the molecule is CCC[C@H](NC(=O)C1(NC(=O)c2cc(Cl)ccc2Cl)CCCCC1)C(=O)c1nc2ccccc2o1. The molecular formula is C26H27Cl2N3O4. The Morgan fingerprint density at radius 2 is 1.83 bits per heavy atom. The van der Waals surface area contributed by atoms with E-state index in [1.807, 2.05) is 13.0 Å². The molecule has 4 rings (SSSR count). The Morgan fingerprint density at radius 1 is 1.09 bits per heavy atom. The van der Waals surface area contributed by atoms with Gasteiger partial charge in [-0.15, -0.1) is 0 Å². The molecule has 1 aliphatic rings. The molecule has 0 spiro atoms. The average molecular weight is 516 g/mol. The van der Waals surface area contributed by atoms with E-state index in [1.165, 1.54) is 6.07 Å². The summed E-state index contributed by atoms with van der Waals surface area (Å²) >= 11 is 12.3. The van der Waals surface area contributed by atoms with Crippen molar-refractivity contribution in [2.75, 3.05) is 0 Å². The van der Waals surface area contributed by atoms with E-state index >= 15 is 0 Å². The zero-order valence-electron chi connectivity index (χ0n) is 19.4. The van der Waals surface area contributed by atoms with Gasteiger partial charge in [-0.25, -0.2) is 4.98 Å². The van der Waals surface area contributed by atoms with Crippen LogP contribution in [0.4, 0.5) is 0 Å². The first-order chi connectivity index (χ1) is 16.8. The standard InChI is InChI=1S/C26H27Cl2N3O4/c1-2-8-20(22(32)24-29-19-9-4-5-10-21(19)35-24)30-25(34)26(13-6-3-7-14-26)31-23(33)17-15-16(27)11-12-18(17)28/h4-5,9-12,15,20H,2-3,6-8,13-14H2,1H3,(H,30,34)(H,31,33)/t20-/m0/s1. The van der Waals surface area contributed by atoms with Crippen molar-refractivity contribution in [3.05, 3.63) is 64.0 Å². The van der Waals surface area contributed by atoms with Gasteiger partial charge in [-0.05, 0) is 49.6 Å². The number of fused-ring (bicyclic) bond motifs is 1. The van der Waals surface area contributed by atoms with Gasteiger partial charge in [-0.2, -0.15) is 0 Å². The Bertz CT molecular complexity index is 1220. The van der Waals surface area contributed by atoms with Crippen LogP contribution in [0.15, 0.2) is 46.9 Å². The van der Waals surface area contributed by atoms with E-state index in [0.29, 0.717) is 41.8 Å². The number of benzene rings is 2. The first-order valence-corrected chi connectivity index (χ1v) is 12.6. The minimum atomic E-state index is -1.16. The zero-order chi connectivity index (χ0) is 25.0. The van der Waals surface area contributed by atoms with Gasteiger partial charge in [0.15, 0.2) is 5.58 Å². The number of Topliss-reactive ketones (excluding diaryl/α,β-unsaturated/α-hetero) is 1. The number of hydrogen-bond donors (Lipinski definition) is 2. The molecule has 0 aliphatic heterocycles. The van der Waals surface area contributed by atoms with E-state index in [2.05, 4.69) is 15.6 Å². The van der Waals surface area contributed by atoms with E-state index < -0.39 is 29.2 Å². The van der Waals surface area contributed by atoms with Gasteiger partial charge in [0.2, 0.25) is 11.7 Å². The molecule has 9 heteroatoms. The number of rotatable bonds is 8. The molecule has 1 heterocycles. The van der Waals surface area contributed by atoms with Gasteiger partial charge in [0.1, 0.15) is 11.1 Å². The fraction of sp³-hybridized carbons (Fsp3) is 0.385. The molecule has 0 unspecified atom stereocenters. The first kappa shape index (κ1) is 25.2. The molecule has 184 valence electrons. The van der Waals surface area contributed by atoms with Crippen molar-refractivity contribution in [2.24, 2.45) is 0 Å². The summed E-state index contributed by atoms with van der Waals surface area (Å²) in [4.78, 5) is 44.3. The normalized spacial score (nSPS) is 16.0. The summed E-state index contributed by atoms with van der Waals surface area (Å²) < 4.78 is 5.65. The molecule has 0 saturated heterocycles. The lowest BCUT2D eigenvalue weighted by Crippen LogP contribution is -2.62. The molecule has 1 aliphatic carbocycles. The molecule has 2 N–H and O–H groups in total. The van der Waals surface area contributed by atoms with Gasteiger partial charge in [0.05, 0.1) is 16.6 Å². The van der Waals surface area contributed by atoms with Gasteiger partial charge >= 0.3 is 0 Å². The van der Waals surface area contributed by atoms with Crippen LogP contribution in [0, 0.1) is 0 Å². The van der Waals surface area contributed by atoms with Crippen LogP contribution in [-0.2, 0) is 4.79 Å². The van der Waals surface area contributed by atoms with Crippen LogP contribution in [0.5, 0.6) is 0 Å². The maximum absolute atomic E-state index is 13.6. The third-order valence-corrected chi connectivity index (χ3v) is 6.94. The number of aromatic nitrogens is 1. The maximum atomic E-state index is 13.6. The third kappa shape index (κ3) is 5.52. The highest BCUT2D eigenvalue weighted by molar-refractivity contribution is 6.35. The summed E-state index contributed by atoms with van der Waals surface area (Å²) in [7, 11) is 0. The lowest BCUT2D eigenvalue weighted by atomic mass is 9.80. The van der Waals surface area contributed by atoms with Crippen molar-refractivity contribution in [3.63, 3.8) is 0 Å². The summed E-state index contributed by atoms with van der Waals surface area (Å²) in [5.74, 6) is -1.32. The highest BCUT2D eigenvalue weighted by Crippen LogP contribution is 2.30. The monoisotopic (exact) mass is 515 g/mol. The summed E-state index contributed by atoms with van der Waals surface area (Å²) in [6, 6.07) is 10.9. The van der Waals surface area contributed by atoms with E-state index in [9.17, 15) is 14.4 Å². The smallest absolute Gasteiger partial charge is 0.266 e. The lowest BCUT2D eigenvalue weighted by molar-refractivity contribution is -0.129. The lowest BCUT2D eigenvalue weighted by Gasteiger charge is -2.37. The number of ketones is 1. The van der Waals surface area contributed by atoms with Crippen molar-refractivity contribution < 1.29 is 18.8 Å². The van der Waals surface area contributed by atoms with Gasteiger partial charge in [-0.1, -0.05) is 67.9 Å². The van der Waals surface area contributed by atoms with E-state index in [4.69, 9.17) is 27.6 Å². The Balaban J connectivity index is 1.57. The molecule has 35 heavy (non-hydrogen) atoms. The van der Waals surface area contributed by atoms with Gasteiger partial charge < -0.3 is 15.1 Å². The number of carbonyl (C=O) groups is 3. The molecule has 7 nitrogen and oxygen atoms in total. The van der Waals surface area contributed by atoms with Gasteiger partial charge in [0, 0.05) is 5.02 Å². The Labute approximate surface area is 213 Å². The summed E-state index contributed by atoms with van der Waals surface area (Å²) in [6.45, 7) is 1.93. The number of halogens is 2. The van der Waals surface area contributed by atoms with E-state index in [-0.39, 0.29) is 16.5 Å². The summed E-state index contributed by atoms with van der Waals surface area (Å²) in [5.41, 5.74) is 0.123. The third-order valence-electron chi connectivity index (χ3n) is 6.37. The van der Waals surface area contributed by atoms with Crippen LogP contribution >= 0.6 is 23.2 Å². The van der Waals surface area contributed by atoms with Crippen molar-refractivity contribution in [1.82, 2.24) is 15.6 Å². The molecular weight excluding hydrogens is 489 g/mol. The number of oxazole rings is 1. The van der Waals surface area contributed by atoms with Crippen molar-refractivity contribution in [1.29, 1.82) is 0 Å². The predicted octanol–water partition coefficient (Wildman–Crippen LogP) is 5.74. The highest BCUT2D eigenvalue weighted by atomic mass is 35.5. The molecule has 1 fully saturated rings. The Hall–Kier alpha value is -2.90. The summed E-state index contributed by atoms with van der Waals surface area (Å²) in [5, 5.41) is 6.42. The van der Waals surface area contributed by atoms with Crippen molar-refractivity contribution >= 4 is 51.9 Å². The fourth-order valence-corrected chi connectivity index (χ4v) is 4.88. The average Bonchev–Trinajstić information content (AvgIpc) is 3.29. The molecule has 2 amide bonds. The topological polar surface area (TPSA) is 101 Å². The second-order valence-corrected chi connectivity index (χ2v) is 9.73. The molecule has 1 aromatic heterocycles. The van der Waals surface area contributed by atoms with Gasteiger partial charge in [0.25, 0.3) is 11.8 Å². The van der Waals surface area contributed by atoms with Crippen LogP contribution in [-0.4, -0.2) is 34.2 Å². The number of carbonyl (C=O) groups excluding carboxylic acids is 3. The second-order valence-electron chi connectivity index (χ2n) is 8.89. The Morgan fingerprint density at radius 3 is 2.54 bits per heavy atom. The van der Waals surface area contributed by atoms with Crippen molar-refractivity contribution in [2.45, 2.75) is 63.5 Å². The molecule has 0 bridgehead atoms. The number of nitrogens with zero attached hydrogens (tertiary/aromatic N) is 1. The van der Waals surface area contributed by atoms with Crippen LogP contribution < -0.4 is 10.6 Å². The van der Waals surface area contributed by atoms with Crippen LogP contribution in [0.3, 0.4) is 0 Å². The second kappa shape index (κ2) is 10.8. The minimum absolute atomic E-state index is 0.0441. The first-order valence-electron chi connectivity index (χ1n) is 11.8. The summed E-state index contributed by atoms with van der Waals surface area (Å²) in [6.07, 6.45) is 4.49. The quantitative estimate of drug-likeness (QED) is 0.372. The number of nitrogens with one attached hydrogen (secondary N) is 2. The minimum Gasteiger partial charge on any atom is -0.434 e. The van der Waals surface area contributed by atoms with Crippen molar-refractivity contribution in [3.8, 4) is 0 Å². The number of hydrogen-bond acceptors (Lipinski definition) is 5. The largest absolute Gasteiger partial charge is 0.434 e. The fourth-order valence-electron chi connectivity index (χ4n) is 4.50. The molecule has 2 aromatic carbocycles. The highest BCUT2D eigenvalue weighted by Gasteiger charge is 2.43. The number of para-hydroxylation sites is 2. The molecule has 1 atom stereocenters. The van der Waals surface area contributed by atoms with Crippen LogP contribution in [0.25, 0.3) is 11.1 Å². The van der Waals surface area contributed by atoms with E-state index in [1.54, 1.807) is 30.3 Å². The number of amides is 2. The molecule has 3 aromatic rings. The van der Waals surface area contributed by atoms with Crippen LogP contribution in [0.1, 0.15) is 72.9 Å².